The lowest BCUT2D eigenvalue weighted by Crippen LogP contribution is -2.20. The molecule has 0 aromatic heterocycles. The summed E-state index contributed by atoms with van der Waals surface area (Å²) in [6.45, 7) is 2.54. The van der Waals surface area contributed by atoms with Crippen LogP contribution < -0.4 is 5.73 Å². The van der Waals surface area contributed by atoms with Crippen LogP contribution in [0.2, 0.25) is 0 Å². The fraction of sp³-hybridized carbons (Fsp3) is 0.857. The quantitative estimate of drug-likeness (QED) is 0.574. The minimum Gasteiger partial charge on any atom is -0.385 e. The summed E-state index contributed by atoms with van der Waals surface area (Å²) in [5.41, 5.74) is 5.04. The van der Waals surface area contributed by atoms with Gasteiger partial charge in [-0.3, -0.25) is 4.79 Å². The summed E-state index contributed by atoms with van der Waals surface area (Å²) in [6.07, 6.45) is 1.73. The highest BCUT2D eigenvalue weighted by Crippen LogP contribution is 2.03. The molecule has 1 unspecified atom stereocenters. The van der Waals surface area contributed by atoms with Crippen molar-refractivity contribution >= 4 is 5.91 Å². The van der Waals surface area contributed by atoms with Gasteiger partial charge in [-0.05, 0) is 12.8 Å². The second-order valence-electron chi connectivity index (χ2n) is 2.44. The molecule has 0 saturated heterocycles. The van der Waals surface area contributed by atoms with Crippen molar-refractivity contribution in [2.24, 2.45) is 11.7 Å². The maximum atomic E-state index is 10.5. The monoisotopic (exact) mass is 145 g/mol. The van der Waals surface area contributed by atoms with E-state index < -0.39 is 0 Å². The van der Waals surface area contributed by atoms with Crippen LogP contribution >= 0.6 is 0 Å². The molecule has 1 amide bonds. The predicted octanol–water partition coefficient (Wildman–Crippen LogP) is 0.534. The summed E-state index contributed by atoms with van der Waals surface area (Å²) < 4.78 is 4.82. The number of ether oxygens (including phenoxy) is 1. The van der Waals surface area contributed by atoms with Crippen LogP contribution in [0.3, 0.4) is 0 Å². The molecular weight excluding hydrogens is 130 g/mol. The fourth-order valence-corrected chi connectivity index (χ4v) is 0.676. The molecule has 0 aliphatic carbocycles. The number of methoxy groups -OCH3 is 1. The van der Waals surface area contributed by atoms with Crippen molar-refractivity contribution < 1.29 is 9.53 Å². The Morgan fingerprint density at radius 2 is 2.30 bits per heavy atom. The zero-order valence-corrected chi connectivity index (χ0v) is 6.59. The zero-order chi connectivity index (χ0) is 7.98. The Hall–Kier alpha value is -0.570. The Kier molecular flexibility index (Phi) is 4.94. The first kappa shape index (κ1) is 9.43. The number of carbonyl (C=O) groups excluding carboxylic acids is 1. The molecule has 0 aliphatic rings. The Morgan fingerprint density at radius 1 is 1.70 bits per heavy atom. The van der Waals surface area contributed by atoms with Gasteiger partial charge in [-0.2, -0.15) is 0 Å². The largest absolute Gasteiger partial charge is 0.385 e. The molecule has 0 heterocycles. The molecule has 0 bridgehead atoms. The average Bonchev–Trinajstić information content (AvgIpc) is 1.88. The predicted molar refractivity (Wildman–Crippen MR) is 39.5 cm³/mol. The molecule has 10 heavy (non-hydrogen) atoms. The van der Waals surface area contributed by atoms with E-state index in [1.54, 1.807) is 7.11 Å². The second kappa shape index (κ2) is 5.23. The van der Waals surface area contributed by atoms with Gasteiger partial charge >= 0.3 is 0 Å². The molecule has 60 valence electrons. The summed E-state index contributed by atoms with van der Waals surface area (Å²) in [5.74, 6) is -0.244. The average molecular weight is 145 g/mol. The maximum Gasteiger partial charge on any atom is 0.220 e. The van der Waals surface area contributed by atoms with E-state index in [9.17, 15) is 4.79 Å². The van der Waals surface area contributed by atoms with Crippen LogP contribution in [0.25, 0.3) is 0 Å². The Balaban J connectivity index is 3.21. The maximum absolute atomic E-state index is 10.5. The van der Waals surface area contributed by atoms with Gasteiger partial charge in [0, 0.05) is 19.6 Å². The minimum atomic E-state index is -0.226. The number of nitrogens with two attached hydrogens (primary N) is 1. The smallest absolute Gasteiger partial charge is 0.220 e. The minimum absolute atomic E-state index is 0.0184. The van der Waals surface area contributed by atoms with Crippen molar-refractivity contribution in [2.45, 2.75) is 19.8 Å². The van der Waals surface area contributed by atoms with Crippen LogP contribution in [-0.4, -0.2) is 19.6 Å². The topological polar surface area (TPSA) is 52.3 Å². The van der Waals surface area contributed by atoms with E-state index in [2.05, 4.69) is 0 Å². The fourth-order valence-electron chi connectivity index (χ4n) is 0.676. The molecule has 0 aliphatic heterocycles. The van der Waals surface area contributed by atoms with Gasteiger partial charge in [0.2, 0.25) is 5.91 Å². The molecular formula is C7H15NO2. The van der Waals surface area contributed by atoms with Crippen LogP contribution in [0.5, 0.6) is 0 Å². The van der Waals surface area contributed by atoms with E-state index in [0.29, 0.717) is 6.61 Å². The highest BCUT2D eigenvalue weighted by molar-refractivity contribution is 5.76. The van der Waals surface area contributed by atoms with E-state index in [4.69, 9.17) is 10.5 Å². The summed E-state index contributed by atoms with van der Waals surface area (Å²) in [6, 6.07) is 0. The van der Waals surface area contributed by atoms with Gasteiger partial charge in [0.15, 0.2) is 0 Å². The summed E-state index contributed by atoms with van der Waals surface area (Å²) in [5, 5.41) is 0. The molecule has 0 rings (SSSR count). The number of carbonyl (C=O) groups is 1. The second-order valence-corrected chi connectivity index (χ2v) is 2.44. The van der Waals surface area contributed by atoms with Crippen molar-refractivity contribution in [3.05, 3.63) is 0 Å². The van der Waals surface area contributed by atoms with Crippen molar-refractivity contribution in [1.82, 2.24) is 0 Å². The zero-order valence-electron chi connectivity index (χ0n) is 6.59. The lowest BCUT2D eigenvalue weighted by molar-refractivity contribution is -0.121. The van der Waals surface area contributed by atoms with Crippen LogP contribution in [0.1, 0.15) is 19.8 Å². The number of primary amides is 1. The standard InChI is InChI=1S/C7H15NO2/c1-6(7(8)9)4-3-5-10-2/h6H,3-5H2,1-2H3,(H2,8,9). The third-order valence-corrected chi connectivity index (χ3v) is 1.47. The van der Waals surface area contributed by atoms with Gasteiger partial charge in [0.05, 0.1) is 0 Å². The summed E-state index contributed by atoms with van der Waals surface area (Å²) in [7, 11) is 1.65. The number of rotatable bonds is 5. The van der Waals surface area contributed by atoms with E-state index in [-0.39, 0.29) is 11.8 Å². The van der Waals surface area contributed by atoms with Gasteiger partial charge in [-0.25, -0.2) is 0 Å². The molecule has 0 spiro atoms. The van der Waals surface area contributed by atoms with Crippen LogP contribution in [0.15, 0.2) is 0 Å². The van der Waals surface area contributed by atoms with Gasteiger partial charge in [-0.15, -0.1) is 0 Å². The van der Waals surface area contributed by atoms with Crippen LogP contribution in [0.4, 0.5) is 0 Å². The molecule has 2 N–H and O–H groups in total. The van der Waals surface area contributed by atoms with E-state index in [0.717, 1.165) is 12.8 Å². The van der Waals surface area contributed by atoms with Crippen molar-refractivity contribution in [3.8, 4) is 0 Å². The lowest BCUT2D eigenvalue weighted by Gasteiger charge is -2.04. The molecule has 1 atom stereocenters. The van der Waals surface area contributed by atoms with E-state index in [1.807, 2.05) is 6.92 Å². The normalized spacial score (nSPS) is 13.0. The van der Waals surface area contributed by atoms with Crippen LogP contribution in [0, 0.1) is 5.92 Å². The Morgan fingerprint density at radius 3 is 2.70 bits per heavy atom. The highest BCUT2D eigenvalue weighted by Gasteiger charge is 2.06. The molecule has 3 heteroatoms. The van der Waals surface area contributed by atoms with Crippen molar-refractivity contribution in [1.29, 1.82) is 0 Å². The first-order chi connectivity index (χ1) is 4.68. The Bertz CT molecular complexity index is 104. The molecule has 0 aromatic rings. The van der Waals surface area contributed by atoms with E-state index in [1.165, 1.54) is 0 Å². The molecule has 0 radical (unpaired) electrons. The molecule has 0 fully saturated rings. The van der Waals surface area contributed by atoms with Crippen molar-refractivity contribution in [3.63, 3.8) is 0 Å². The first-order valence-corrected chi connectivity index (χ1v) is 3.46. The van der Waals surface area contributed by atoms with Gasteiger partial charge < -0.3 is 10.5 Å². The third-order valence-electron chi connectivity index (χ3n) is 1.47. The first-order valence-electron chi connectivity index (χ1n) is 3.46. The number of amides is 1. The van der Waals surface area contributed by atoms with Crippen molar-refractivity contribution in [2.75, 3.05) is 13.7 Å². The molecule has 3 nitrogen and oxygen atoms in total. The number of hydrogen-bond acceptors (Lipinski definition) is 2. The Labute approximate surface area is 61.5 Å². The lowest BCUT2D eigenvalue weighted by atomic mass is 10.1. The third kappa shape index (κ3) is 4.32. The van der Waals surface area contributed by atoms with Crippen LogP contribution in [-0.2, 0) is 9.53 Å². The molecule has 0 saturated carbocycles. The molecule has 0 aromatic carbocycles. The van der Waals surface area contributed by atoms with E-state index >= 15 is 0 Å². The van der Waals surface area contributed by atoms with Gasteiger partial charge in [0.25, 0.3) is 0 Å². The SMILES string of the molecule is COCCCC(C)C(N)=O. The summed E-state index contributed by atoms with van der Waals surface area (Å²) >= 11 is 0. The van der Waals surface area contributed by atoms with Gasteiger partial charge in [-0.1, -0.05) is 6.92 Å². The summed E-state index contributed by atoms with van der Waals surface area (Å²) in [4.78, 5) is 10.5. The van der Waals surface area contributed by atoms with Gasteiger partial charge in [0.1, 0.15) is 0 Å². The highest BCUT2D eigenvalue weighted by atomic mass is 16.5. The number of hydrogen-bond donors (Lipinski definition) is 1.